The number of anilines is 1. The van der Waals surface area contributed by atoms with Gasteiger partial charge in [0.15, 0.2) is 17.3 Å². The van der Waals surface area contributed by atoms with Crippen molar-refractivity contribution in [2.24, 2.45) is 0 Å². The lowest BCUT2D eigenvalue weighted by molar-refractivity contribution is 0.174. The van der Waals surface area contributed by atoms with Gasteiger partial charge in [-0.2, -0.15) is 0 Å². The second kappa shape index (κ2) is 4.76. The molecule has 2 N–H and O–H groups in total. The molecule has 3 rings (SSSR count). The van der Waals surface area contributed by atoms with Crippen LogP contribution in [0.25, 0.3) is 11.4 Å². The maximum atomic E-state index is 5.83. The Bertz CT molecular complexity index is 614. The molecule has 98 valence electrons. The molecule has 1 aliphatic rings. The number of hydrogen-bond acceptors (Lipinski definition) is 5. The lowest BCUT2D eigenvalue weighted by Gasteiger charge is -2.06. The van der Waals surface area contributed by atoms with E-state index >= 15 is 0 Å². The molecule has 0 unspecified atom stereocenters. The highest BCUT2D eigenvalue weighted by Gasteiger charge is 2.15. The summed E-state index contributed by atoms with van der Waals surface area (Å²) in [5.41, 5.74) is 7.68. The van der Waals surface area contributed by atoms with Gasteiger partial charge in [-0.05, 0) is 24.6 Å². The van der Waals surface area contributed by atoms with Gasteiger partial charge >= 0.3 is 0 Å². The fourth-order valence-electron chi connectivity index (χ4n) is 2.07. The van der Waals surface area contributed by atoms with Crippen molar-refractivity contribution in [3.8, 4) is 22.9 Å². The molecule has 1 aromatic heterocycles. The Balaban J connectivity index is 2.01. The number of ether oxygens (including phenoxy) is 2. The summed E-state index contributed by atoms with van der Waals surface area (Å²) in [6.45, 7) is 2.37. The number of nitrogen functional groups attached to an aromatic ring is 1. The Morgan fingerprint density at radius 3 is 2.84 bits per heavy atom. The molecule has 2 aromatic rings. The number of benzene rings is 1. The van der Waals surface area contributed by atoms with Crippen LogP contribution in [-0.4, -0.2) is 16.8 Å². The minimum absolute atomic E-state index is 0.262. The molecular formula is C14H15N3O2. The summed E-state index contributed by atoms with van der Waals surface area (Å²) in [5.74, 6) is 2.59. The first-order valence-corrected chi connectivity index (χ1v) is 6.29. The Hall–Kier alpha value is -2.30. The highest BCUT2D eigenvalue weighted by molar-refractivity contribution is 5.62. The van der Waals surface area contributed by atoms with Crippen LogP contribution in [0.2, 0.25) is 0 Å². The summed E-state index contributed by atoms with van der Waals surface area (Å²) >= 11 is 0. The van der Waals surface area contributed by atoms with Crippen LogP contribution >= 0.6 is 0 Å². The first kappa shape index (κ1) is 11.8. The highest BCUT2D eigenvalue weighted by Crippen LogP contribution is 2.35. The zero-order valence-electron chi connectivity index (χ0n) is 10.7. The van der Waals surface area contributed by atoms with E-state index in [2.05, 4.69) is 16.9 Å². The first-order valence-electron chi connectivity index (χ1n) is 6.29. The third-order valence-corrected chi connectivity index (χ3v) is 2.94. The second-order valence-electron chi connectivity index (χ2n) is 4.43. The molecular weight excluding hydrogens is 242 g/mol. The number of rotatable bonds is 3. The van der Waals surface area contributed by atoms with Crippen molar-refractivity contribution < 1.29 is 9.47 Å². The normalized spacial score (nSPS) is 12.7. The summed E-state index contributed by atoms with van der Waals surface area (Å²) < 4.78 is 10.6. The Morgan fingerprint density at radius 2 is 2.00 bits per heavy atom. The van der Waals surface area contributed by atoms with Crippen molar-refractivity contribution in [2.75, 3.05) is 12.5 Å². The van der Waals surface area contributed by atoms with Gasteiger partial charge in [0.05, 0.1) is 0 Å². The number of hydrogen-bond donors (Lipinski definition) is 1. The molecule has 19 heavy (non-hydrogen) atoms. The van der Waals surface area contributed by atoms with Gasteiger partial charge in [0.25, 0.3) is 0 Å². The molecule has 5 heteroatoms. The summed E-state index contributed by atoms with van der Waals surface area (Å²) in [4.78, 5) is 8.81. The molecule has 0 saturated heterocycles. The third kappa shape index (κ3) is 2.31. The summed E-state index contributed by atoms with van der Waals surface area (Å²) in [6.07, 6.45) is 1.92. The molecule has 0 spiro atoms. The smallest absolute Gasteiger partial charge is 0.231 e. The molecule has 0 aliphatic carbocycles. The number of fused-ring (bicyclic) bond motifs is 1. The maximum absolute atomic E-state index is 5.83. The van der Waals surface area contributed by atoms with Gasteiger partial charge in [-0.15, -0.1) is 0 Å². The fourth-order valence-corrected chi connectivity index (χ4v) is 2.07. The Labute approximate surface area is 111 Å². The van der Waals surface area contributed by atoms with Gasteiger partial charge in [0.2, 0.25) is 6.79 Å². The molecule has 0 fully saturated rings. The fraction of sp³-hybridized carbons (Fsp3) is 0.286. The number of aromatic nitrogens is 2. The molecule has 2 heterocycles. The summed E-state index contributed by atoms with van der Waals surface area (Å²) in [5, 5.41) is 0. The monoisotopic (exact) mass is 257 g/mol. The number of nitrogens with two attached hydrogens (primary N) is 1. The topological polar surface area (TPSA) is 70.3 Å². The maximum Gasteiger partial charge on any atom is 0.231 e. The van der Waals surface area contributed by atoms with Gasteiger partial charge < -0.3 is 15.2 Å². The lowest BCUT2D eigenvalue weighted by atomic mass is 10.1. The van der Waals surface area contributed by atoms with E-state index < -0.39 is 0 Å². The Morgan fingerprint density at radius 1 is 1.16 bits per heavy atom. The third-order valence-electron chi connectivity index (χ3n) is 2.94. The molecule has 0 atom stereocenters. The quantitative estimate of drug-likeness (QED) is 0.914. The van der Waals surface area contributed by atoms with Gasteiger partial charge in [0, 0.05) is 17.3 Å². The summed E-state index contributed by atoms with van der Waals surface area (Å²) in [7, 11) is 0. The molecule has 0 radical (unpaired) electrons. The van der Waals surface area contributed by atoms with E-state index in [9.17, 15) is 0 Å². The van der Waals surface area contributed by atoms with Crippen LogP contribution in [-0.2, 0) is 6.42 Å². The highest BCUT2D eigenvalue weighted by atomic mass is 16.7. The van der Waals surface area contributed by atoms with Crippen molar-refractivity contribution in [2.45, 2.75) is 19.8 Å². The van der Waals surface area contributed by atoms with Crippen LogP contribution in [0.3, 0.4) is 0 Å². The minimum Gasteiger partial charge on any atom is -0.454 e. The summed E-state index contributed by atoms with van der Waals surface area (Å²) in [6, 6.07) is 7.48. The van der Waals surface area contributed by atoms with Crippen molar-refractivity contribution in [1.29, 1.82) is 0 Å². The van der Waals surface area contributed by atoms with Crippen molar-refractivity contribution in [3.63, 3.8) is 0 Å². The molecule has 1 aliphatic heterocycles. The largest absolute Gasteiger partial charge is 0.454 e. The van der Waals surface area contributed by atoms with E-state index in [-0.39, 0.29) is 6.79 Å². The Kier molecular flexibility index (Phi) is 2.95. The van der Waals surface area contributed by atoms with Gasteiger partial charge in [-0.25, -0.2) is 9.97 Å². The van der Waals surface area contributed by atoms with E-state index in [1.54, 1.807) is 0 Å². The average molecular weight is 257 g/mol. The van der Waals surface area contributed by atoms with E-state index in [1.807, 2.05) is 24.3 Å². The zero-order valence-corrected chi connectivity index (χ0v) is 10.7. The lowest BCUT2D eigenvalue weighted by Crippen LogP contribution is -2.00. The van der Waals surface area contributed by atoms with E-state index in [4.69, 9.17) is 15.2 Å². The van der Waals surface area contributed by atoms with Gasteiger partial charge in [0.1, 0.15) is 5.82 Å². The van der Waals surface area contributed by atoms with Crippen LogP contribution in [0.5, 0.6) is 11.5 Å². The standard InChI is InChI=1S/C14H15N3O2/c1-2-3-10-7-13(15)17-14(16-10)9-4-5-11-12(6-9)19-8-18-11/h4-7H,2-3,8H2,1H3,(H2,15,16,17). The number of aryl methyl sites for hydroxylation is 1. The predicted molar refractivity (Wildman–Crippen MR) is 72.0 cm³/mol. The van der Waals surface area contributed by atoms with Crippen molar-refractivity contribution in [1.82, 2.24) is 9.97 Å². The van der Waals surface area contributed by atoms with E-state index in [0.29, 0.717) is 11.6 Å². The van der Waals surface area contributed by atoms with Crippen LogP contribution in [0.1, 0.15) is 19.0 Å². The first-order chi connectivity index (χ1) is 9.26. The molecule has 0 amide bonds. The zero-order chi connectivity index (χ0) is 13.2. The SMILES string of the molecule is CCCc1cc(N)nc(-c2ccc3c(c2)OCO3)n1. The van der Waals surface area contributed by atoms with Gasteiger partial charge in [-0.3, -0.25) is 0 Å². The minimum atomic E-state index is 0.262. The van der Waals surface area contributed by atoms with Gasteiger partial charge in [-0.1, -0.05) is 13.3 Å². The molecule has 5 nitrogen and oxygen atoms in total. The second-order valence-corrected chi connectivity index (χ2v) is 4.43. The van der Waals surface area contributed by atoms with E-state index in [1.165, 1.54) is 0 Å². The van der Waals surface area contributed by atoms with Crippen LogP contribution in [0.15, 0.2) is 24.3 Å². The van der Waals surface area contributed by atoms with Crippen LogP contribution in [0, 0.1) is 0 Å². The molecule has 1 aromatic carbocycles. The molecule has 0 saturated carbocycles. The number of nitrogens with zero attached hydrogens (tertiary/aromatic N) is 2. The van der Waals surface area contributed by atoms with Crippen molar-refractivity contribution in [3.05, 3.63) is 30.0 Å². The van der Waals surface area contributed by atoms with Crippen molar-refractivity contribution >= 4 is 5.82 Å². The average Bonchev–Trinajstić information content (AvgIpc) is 2.85. The van der Waals surface area contributed by atoms with Crippen LogP contribution in [0.4, 0.5) is 5.82 Å². The van der Waals surface area contributed by atoms with Crippen LogP contribution < -0.4 is 15.2 Å². The molecule has 0 bridgehead atoms. The van der Waals surface area contributed by atoms with E-state index in [0.717, 1.165) is 35.6 Å². The predicted octanol–water partition coefficient (Wildman–Crippen LogP) is 2.41.